The first kappa shape index (κ1) is 14.8. The van der Waals surface area contributed by atoms with Gasteiger partial charge in [-0.3, -0.25) is 0 Å². The van der Waals surface area contributed by atoms with Crippen molar-refractivity contribution in [3.63, 3.8) is 0 Å². The summed E-state index contributed by atoms with van der Waals surface area (Å²) in [4.78, 5) is 24.8. The smallest absolute Gasteiger partial charge is 0.336 e. The number of anilines is 1. The number of urea groups is 1. The summed E-state index contributed by atoms with van der Waals surface area (Å²) in [6.45, 7) is 3.46. The second-order valence-corrected chi connectivity index (χ2v) is 5.41. The van der Waals surface area contributed by atoms with Crippen LogP contribution in [0.15, 0.2) is 22.7 Å². The first-order valence-corrected chi connectivity index (χ1v) is 6.97. The molecule has 0 aliphatic carbocycles. The molecule has 0 bridgehead atoms. The summed E-state index contributed by atoms with van der Waals surface area (Å²) in [6.07, 6.45) is 0.00833. The molecular formula is C13H15BrN2O4. The summed E-state index contributed by atoms with van der Waals surface area (Å²) in [5.41, 5.74) is 0.563. The first-order valence-electron chi connectivity index (χ1n) is 6.17. The Bertz CT molecular complexity index is 535. The molecular weight excluding hydrogens is 328 g/mol. The number of hydrogen-bond donors (Lipinski definition) is 2. The highest BCUT2D eigenvalue weighted by molar-refractivity contribution is 9.10. The summed E-state index contributed by atoms with van der Waals surface area (Å²) in [5.74, 6) is -1.05. The van der Waals surface area contributed by atoms with Crippen LogP contribution in [-0.4, -0.2) is 47.8 Å². The standard InChI is InChI=1S/C13H15BrN2O4/c1-8-7-16(4-5-20-8)13(19)15-9-2-3-11(14)10(6-9)12(17)18/h2-3,6,8H,4-5,7H2,1H3,(H,15,19)(H,17,18). The Morgan fingerprint density at radius 1 is 1.50 bits per heavy atom. The molecule has 0 spiro atoms. The van der Waals surface area contributed by atoms with Gasteiger partial charge in [-0.1, -0.05) is 0 Å². The third kappa shape index (κ3) is 3.49. The normalized spacial score (nSPS) is 18.7. The van der Waals surface area contributed by atoms with E-state index in [4.69, 9.17) is 9.84 Å². The summed E-state index contributed by atoms with van der Waals surface area (Å²) in [6, 6.07) is 4.42. The molecule has 0 radical (unpaired) electrons. The summed E-state index contributed by atoms with van der Waals surface area (Å²) in [5, 5.41) is 11.7. The Balaban J connectivity index is 2.07. The highest BCUT2D eigenvalue weighted by Gasteiger charge is 2.21. The van der Waals surface area contributed by atoms with Gasteiger partial charge < -0.3 is 20.1 Å². The number of morpholine rings is 1. The predicted molar refractivity (Wildman–Crippen MR) is 77.1 cm³/mol. The van der Waals surface area contributed by atoms with Crippen LogP contribution in [0.1, 0.15) is 17.3 Å². The number of nitrogens with one attached hydrogen (secondary N) is 1. The van der Waals surface area contributed by atoms with E-state index in [2.05, 4.69) is 21.2 Å². The van der Waals surface area contributed by atoms with Gasteiger partial charge in [0.05, 0.1) is 18.3 Å². The van der Waals surface area contributed by atoms with Crippen LogP contribution in [0.4, 0.5) is 10.5 Å². The van der Waals surface area contributed by atoms with Crippen molar-refractivity contribution >= 4 is 33.6 Å². The topological polar surface area (TPSA) is 78.9 Å². The number of carboxylic acid groups (broad SMARTS) is 1. The molecule has 20 heavy (non-hydrogen) atoms. The number of amides is 2. The van der Waals surface area contributed by atoms with Crippen molar-refractivity contribution in [3.05, 3.63) is 28.2 Å². The maximum atomic E-state index is 12.1. The molecule has 0 saturated carbocycles. The van der Waals surface area contributed by atoms with Gasteiger partial charge in [-0.15, -0.1) is 0 Å². The molecule has 1 atom stereocenters. The number of halogens is 1. The summed E-state index contributed by atoms with van der Waals surface area (Å²) in [7, 11) is 0. The molecule has 2 amide bonds. The molecule has 1 unspecified atom stereocenters. The highest BCUT2D eigenvalue weighted by Crippen LogP contribution is 2.21. The van der Waals surface area contributed by atoms with E-state index in [1.807, 2.05) is 6.92 Å². The third-order valence-electron chi connectivity index (χ3n) is 2.98. The highest BCUT2D eigenvalue weighted by atomic mass is 79.9. The van der Waals surface area contributed by atoms with E-state index in [0.29, 0.717) is 29.9 Å². The lowest BCUT2D eigenvalue weighted by Gasteiger charge is -2.31. The zero-order valence-electron chi connectivity index (χ0n) is 10.9. The fraction of sp³-hybridized carbons (Fsp3) is 0.385. The molecule has 2 N–H and O–H groups in total. The number of carbonyl (C=O) groups excluding carboxylic acids is 1. The number of benzene rings is 1. The molecule has 1 aromatic carbocycles. The minimum atomic E-state index is -1.05. The molecule has 1 aromatic rings. The minimum Gasteiger partial charge on any atom is -0.478 e. The van der Waals surface area contributed by atoms with E-state index >= 15 is 0 Å². The molecule has 1 aliphatic heterocycles. The van der Waals surface area contributed by atoms with Crippen LogP contribution < -0.4 is 5.32 Å². The van der Waals surface area contributed by atoms with Gasteiger partial charge in [0.2, 0.25) is 0 Å². The van der Waals surface area contributed by atoms with Gasteiger partial charge in [0.15, 0.2) is 0 Å². The largest absolute Gasteiger partial charge is 0.478 e. The number of rotatable bonds is 2. The van der Waals surface area contributed by atoms with Crippen LogP contribution in [-0.2, 0) is 4.74 Å². The number of ether oxygens (including phenoxy) is 1. The van der Waals surface area contributed by atoms with Crippen LogP contribution >= 0.6 is 15.9 Å². The molecule has 1 heterocycles. The predicted octanol–water partition coefficient (Wildman–Crippen LogP) is 2.40. The van der Waals surface area contributed by atoms with Gasteiger partial charge in [-0.2, -0.15) is 0 Å². The lowest BCUT2D eigenvalue weighted by atomic mass is 10.2. The third-order valence-corrected chi connectivity index (χ3v) is 3.67. The van der Waals surface area contributed by atoms with E-state index < -0.39 is 5.97 Å². The van der Waals surface area contributed by atoms with E-state index in [1.165, 1.54) is 6.07 Å². The Kier molecular flexibility index (Phi) is 4.61. The zero-order valence-corrected chi connectivity index (χ0v) is 12.5. The second-order valence-electron chi connectivity index (χ2n) is 4.56. The Labute approximate surface area is 124 Å². The van der Waals surface area contributed by atoms with Crippen LogP contribution in [0.3, 0.4) is 0 Å². The van der Waals surface area contributed by atoms with Crippen molar-refractivity contribution in [3.8, 4) is 0 Å². The number of carboxylic acids is 1. The Morgan fingerprint density at radius 2 is 2.25 bits per heavy atom. The molecule has 1 aliphatic rings. The minimum absolute atomic E-state index is 0.00833. The number of nitrogens with zero attached hydrogens (tertiary/aromatic N) is 1. The average Bonchev–Trinajstić information content (AvgIpc) is 2.40. The lowest BCUT2D eigenvalue weighted by molar-refractivity contribution is -0.00138. The van der Waals surface area contributed by atoms with Crippen LogP contribution in [0.2, 0.25) is 0 Å². The lowest BCUT2D eigenvalue weighted by Crippen LogP contribution is -2.46. The second kappa shape index (κ2) is 6.23. The maximum Gasteiger partial charge on any atom is 0.336 e. The Hall–Kier alpha value is -1.60. The van der Waals surface area contributed by atoms with Gasteiger partial charge >= 0.3 is 12.0 Å². The van der Waals surface area contributed by atoms with Crippen LogP contribution in [0.5, 0.6) is 0 Å². The van der Waals surface area contributed by atoms with Crippen LogP contribution in [0, 0.1) is 0 Å². The van der Waals surface area contributed by atoms with Gasteiger partial charge in [0.1, 0.15) is 0 Å². The van der Waals surface area contributed by atoms with E-state index in [0.717, 1.165) is 0 Å². The quantitative estimate of drug-likeness (QED) is 0.864. The molecule has 1 saturated heterocycles. The van der Waals surface area contributed by atoms with E-state index in [1.54, 1.807) is 17.0 Å². The van der Waals surface area contributed by atoms with Crippen molar-refractivity contribution in [2.75, 3.05) is 25.0 Å². The molecule has 2 rings (SSSR count). The maximum absolute atomic E-state index is 12.1. The van der Waals surface area contributed by atoms with Crippen LogP contribution in [0.25, 0.3) is 0 Å². The van der Waals surface area contributed by atoms with Crippen molar-refractivity contribution in [1.82, 2.24) is 4.90 Å². The van der Waals surface area contributed by atoms with Crippen molar-refractivity contribution in [2.45, 2.75) is 13.0 Å². The summed E-state index contributed by atoms with van der Waals surface area (Å²) >= 11 is 3.16. The number of aromatic carboxylic acids is 1. The van der Waals surface area contributed by atoms with E-state index in [-0.39, 0.29) is 17.7 Å². The molecule has 108 valence electrons. The van der Waals surface area contributed by atoms with Gasteiger partial charge in [0.25, 0.3) is 0 Å². The number of carbonyl (C=O) groups is 2. The SMILES string of the molecule is CC1CN(C(=O)Nc2ccc(Br)c(C(=O)O)c2)CCO1. The zero-order chi connectivity index (χ0) is 14.7. The van der Waals surface area contributed by atoms with Crippen molar-refractivity contribution in [2.24, 2.45) is 0 Å². The number of hydrogen-bond acceptors (Lipinski definition) is 3. The summed E-state index contributed by atoms with van der Waals surface area (Å²) < 4.78 is 5.84. The van der Waals surface area contributed by atoms with Crippen molar-refractivity contribution in [1.29, 1.82) is 0 Å². The fourth-order valence-corrected chi connectivity index (χ4v) is 2.39. The molecule has 7 heteroatoms. The van der Waals surface area contributed by atoms with Gasteiger partial charge in [-0.25, -0.2) is 9.59 Å². The molecule has 1 fully saturated rings. The van der Waals surface area contributed by atoms with Gasteiger partial charge in [0, 0.05) is 23.2 Å². The average molecular weight is 343 g/mol. The molecule has 0 aromatic heterocycles. The monoisotopic (exact) mass is 342 g/mol. The van der Waals surface area contributed by atoms with Crippen molar-refractivity contribution < 1.29 is 19.4 Å². The van der Waals surface area contributed by atoms with E-state index in [9.17, 15) is 9.59 Å². The fourth-order valence-electron chi connectivity index (χ4n) is 1.97. The molecule has 6 nitrogen and oxygen atoms in total. The first-order chi connectivity index (χ1) is 9.47. The van der Waals surface area contributed by atoms with Gasteiger partial charge in [-0.05, 0) is 41.1 Å². The Morgan fingerprint density at radius 3 is 2.90 bits per heavy atom.